The fraction of sp³-hybridized carbons (Fsp3) is 0.476. The molecule has 27 heavy (non-hydrogen) atoms. The molecule has 3 heterocycles. The fourth-order valence-corrected chi connectivity index (χ4v) is 4.03. The predicted molar refractivity (Wildman–Crippen MR) is 106 cm³/mol. The van der Waals surface area contributed by atoms with E-state index in [1.165, 1.54) is 0 Å². The molecule has 4 rings (SSSR count). The van der Waals surface area contributed by atoms with Crippen molar-refractivity contribution in [2.75, 3.05) is 6.54 Å². The number of likely N-dealkylation sites (tertiary alicyclic amines) is 1. The minimum atomic E-state index is -0.0966. The molecule has 0 bridgehead atoms. The second kappa shape index (κ2) is 6.83. The van der Waals surface area contributed by atoms with E-state index in [0.29, 0.717) is 23.7 Å². The summed E-state index contributed by atoms with van der Waals surface area (Å²) in [4.78, 5) is 28.1. The molecule has 1 aliphatic heterocycles. The summed E-state index contributed by atoms with van der Waals surface area (Å²) >= 11 is 0. The summed E-state index contributed by atoms with van der Waals surface area (Å²) in [5, 5.41) is 4.54. The Morgan fingerprint density at radius 1 is 1.19 bits per heavy atom. The number of nitrogens with zero attached hydrogens (tertiary/aromatic N) is 4. The van der Waals surface area contributed by atoms with Crippen LogP contribution in [0.4, 0.5) is 0 Å². The molecule has 6 heteroatoms. The summed E-state index contributed by atoms with van der Waals surface area (Å²) in [6.07, 6.45) is 3.19. The lowest BCUT2D eigenvalue weighted by atomic mass is 10.0. The number of para-hydroxylation sites is 2. The monoisotopic (exact) mass is 366 g/mol. The predicted octanol–water partition coefficient (Wildman–Crippen LogP) is 3.32. The number of carbonyl (C=O) groups excluding carboxylic acids is 1. The van der Waals surface area contributed by atoms with Crippen molar-refractivity contribution in [3.63, 3.8) is 0 Å². The first kappa shape index (κ1) is 17.8. The van der Waals surface area contributed by atoms with Crippen LogP contribution in [-0.4, -0.2) is 37.6 Å². The molecule has 1 amide bonds. The van der Waals surface area contributed by atoms with Gasteiger partial charge in [-0.25, -0.2) is 4.52 Å². The summed E-state index contributed by atoms with van der Waals surface area (Å²) in [5.74, 6) is 0.261. The molecule has 1 atom stereocenters. The highest BCUT2D eigenvalue weighted by molar-refractivity contribution is 5.94. The van der Waals surface area contributed by atoms with Gasteiger partial charge in [0.25, 0.3) is 11.5 Å². The Hall–Kier alpha value is -2.63. The molecule has 0 unspecified atom stereocenters. The van der Waals surface area contributed by atoms with Crippen molar-refractivity contribution in [1.82, 2.24) is 19.1 Å². The molecular weight excluding hydrogens is 340 g/mol. The van der Waals surface area contributed by atoms with Crippen molar-refractivity contribution in [2.24, 2.45) is 5.92 Å². The standard InChI is InChI=1S/C21H26N4O2/c1-14(2)13-24-17-9-4-5-10-18(17)25-19(21(24)27)12-16(22-25)20(26)23-11-7-6-8-15(23)3/h4-5,9-10,12,14-15H,6-8,11,13H2,1-3H3/t15-/m0/s1. The van der Waals surface area contributed by atoms with Crippen molar-refractivity contribution >= 4 is 22.5 Å². The zero-order valence-corrected chi connectivity index (χ0v) is 16.2. The normalized spacial score (nSPS) is 17.9. The zero-order chi connectivity index (χ0) is 19.1. The lowest BCUT2D eigenvalue weighted by Gasteiger charge is -2.32. The third kappa shape index (κ3) is 3.03. The lowest BCUT2D eigenvalue weighted by Crippen LogP contribution is -2.42. The largest absolute Gasteiger partial charge is 0.335 e. The van der Waals surface area contributed by atoms with Crippen LogP contribution in [0.2, 0.25) is 0 Å². The Morgan fingerprint density at radius 2 is 1.93 bits per heavy atom. The van der Waals surface area contributed by atoms with Crippen LogP contribution in [0.3, 0.4) is 0 Å². The Morgan fingerprint density at radius 3 is 2.63 bits per heavy atom. The van der Waals surface area contributed by atoms with Gasteiger partial charge in [0.05, 0.1) is 11.0 Å². The van der Waals surface area contributed by atoms with Crippen molar-refractivity contribution < 1.29 is 4.79 Å². The van der Waals surface area contributed by atoms with E-state index < -0.39 is 0 Å². The third-order valence-corrected chi connectivity index (χ3v) is 5.41. The van der Waals surface area contributed by atoms with Crippen LogP contribution >= 0.6 is 0 Å². The number of piperidine rings is 1. The highest BCUT2D eigenvalue weighted by Crippen LogP contribution is 2.21. The van der Waals surface area contributed by atoms with E-state index >= 15 is 0 Å². The first-order valence-corrected chi connectivity index (χ1v) is 9.79. The van der Waals surface area contributed by atoms with Gasteiger partial charge in [-0.15, -0.1) is 0 Å². The minimum Gasteiger partial charge on any atom is -0.335 e. The van der Waals surface area contributed by atoms with E-state index in [1.807, 2.05) is 29.2 Å². The average Bonchev–Trinajstić information content (AvgIpc) is 3.10. The highest BCUT2D eigenvalue weighted by atomic mass is 16.2. The van der Waals surface area contributed by atoms with Crippen LogP contribution in [0.1, 0.15) is 50.5 Å². The smallest absolute Gasteiger partial charge is 0.277 e. The fourth-order valence-electron chi connectivity index (χ4n) is 4.03. The van der Waals surface area contributed by atoms with Gasteiger partial charge in [0.1, 0.15) is 5.52 Å². The molecule has 1 fully saturated rings. The highest BCUT2D eigenvalue weighted by Gasteiger charge is 2.27. The molecule has 1 saturated heterocycles. The molecule has 0 saturated carbocycles. The van der Waals surface area contributed by atoms with Gasteiger partial charge in [-0.2, -0.15) is 5.10 Å². The van der Waals surface area contributed by atoms with E-state index in [4.69, 9.17) is 0 Å². The van der Waals surface area contributed by atoms with Gasteiger partial charge < -0.3 is 9.47 Å². The SMILES string of the molecule is CC(C)Cn1c(=O)c2cc(C(=O)N3CCCC[C@@H]3C)nn2c2ccccc21. The second-order valence-electron chi connectivity index (χ2n) is 7.97. The molecule has 6 nitrogen and oxygen atoms in total. The molecule has 0 aliphatic carbocycles. The van der Waals surface area contributed by atoms with Crippen molar-refractivity contribution in [2.45, 2.75) is 52.6 Å². The van der Waals surface area contributed by atoms with Gasteiger partial charge in [-0.05, 0) is 44.2 Å². The number of amides is 1. The van der Waals surface area contributed by atoms with Crippen molar-refractivity contribution in [3.8, 4) is 0 Å². The number of hydrogen-bond donors (Lipinski definition) is 0. The molecule has 0 spiro atoms. The Bertz CT molecular complexity index is 1060. The van der Waals surface area contributed by atoms with Crippen LogP contribution in [0.15, 0.2) is 35.1 Å². The van der Waals surface area contributed by atoms with Crippen molar-refractivity contribution in [1.29, 1.82) is 0 Å². The summed E-state index contributed by atoms with van der Waals surface area (Å²) in [7, 11) is 0. The summed E-state index contributed by atoms with van der Waals surface area (Å²) in [6.45, 7) is 7.65. The summed E-state index contributed by atoms with van der Waals surface area (Å²) in [5.41, 5.74) is 2.41. The van der Waals surface area contributed by atoms with Crippen LogP contribution in [0.25, 0.3) is 16.6 Å². The molecule has 3 aromatic rings. The van der Waals surface area contributed by atoms with Gasteiger partial charge in [-0.3, -0.25) is 9.59 Å². The van der Waals surface area contributed by atoms with E-state index in [9.17, 15) is 9.59 Å². The second-order valence-corrected chi connectivity index (χ2v) is 7.97. The van der Waals surface area contributed by atoms with E-state index in [0.717, 1.165) is 36.8 Å². The molecule has 1 aromatic carbocycles. The Balaban J connectivity index is 1.89. The molecule has 142 valence electrons. The quantitative estimate of drug-likeness (QED) is 0.714. The first-order valence-electron chi connectivity index (χ1n) is 9.79. The number of hydrogen-bond acceptors (Lipinski definition) is 3. The minimum absolute atomic E-state index is 0.0789. The lowest BCUT2D eigenvalue weighted by molar-refractivity contribution is 0.0629. The topological polar surface area (TPSA) is 59.6 Å². The maximum Gasteiger partial charge on any atom is 0.277 e. The summed E-state index contributed by atoms with van der Waals surface area (Å²) in [6, 6.07) is 9.62. The maximum absolute atomic E-state index is 13.1. The van der Waals surface area contributed by atoms with Crippen LogP contribution in [0, 0.1) is 5.92 Å². The molecule has 2 aromatic heterocycles. The number of aromatic nitrogens is 3. The maximum atomic E-state index is 13.1. The molecular formula is C21H26N4O2. The van der Waals surface area contributed by atoms with Crippen LogP contribution < -0.4 is 5.56 Å². The Labute approximate surface area is 158 Å². The van der Waals surface area contributed by atoms with Gasteiger partial charge in [0.2, 0.25) is 0 Å². The van der Waals surface area contributed by atoms with Gasteiger partial charge >= 0.3 is 0 Å². The Kier molecular flexibility index (Phi) is 4.50. The third-order valence-electron chi connectivity index (χ3n) is 5.41. The summed E-state index contributed by atoms with van der Waals surface area (Å²) < 4.78 is 3.44. The van der Waals surface area contributed by atoms with E-state index in [1.54, 1.807) is 15.1 Å². The van der Waals surface area contributed by atoms with Gasteiger partial charge in [0.15, 0.2) is 5.69 Å². The number of fused-ring (bicyclic) bond motifs is 3. The average molecular weight is 366 g/mol. The number of benzene rings is 1. The molecule has 0 radical (unpaired) electrons. The molecule has 0 N–H and O–H groups in total. The van der Waals surface area contributed by atoms with E-state index in [2.05, 4.69) is 25.9 Å². The van der Waals surface area contributed by atoms with E-state index in [-0.39, 0.29) is 17.5 Å². The van der Waals surface area contributed by atoms with Crippen LogP contribution in [-0.2, 0) is 6.54 Å². The molecule has 1 aliphatic rings. The van der Waals surface area contributed by atoms with Gasteiger partial charge in [0, 0.05) is 25.2 Å². The van der Waals surface area contributed by atoms with Crippen molar-refractivity contribution in [3.05, 3.63) is 46.4 Å². The number of rotatable bonds is 3. The van der Waals surface area contributed by atoms with Gasteiger partial charge in [-0.1, -0.05) is 26.0 Å². The first-order chi connectivity index (χ1) is 13.0. The van der Waals surface area contributed by atoms with Crippen LogP contribution in [0.5, 0.6) is 0 Å². The zero-order valence-electron chi connectivity index (χ0n) is 16.2. The number of carbonyl (C=O) groups is 1.